The molecule has 2 rings (SSSR count). The Morgan fingerprint density at radius 2 is 1.95 bits per heavy atom. The fourth-order valence-electron chi connectivity index (χ4n) is 1.86. The van der Waals surface area contributed by atoms with Gasteiger partial charge in [0.05, 0.1) is 7.11 Å². The molecule has 1 heterocycles. The van der Waals surface area contributed by atoms with Gasteiger partial charge in [0.25, 0.3) is 9.05 Å². The number of ether oxygens (including phenoxy) is 1. The molecule has 0 amide bonds. The fraction of sp³-hybridized carbons (Fsp3) is 0.308. The number of aromatic nitrogens is 2. The number of imidazole rings is 1. The Labute approximate surface area is 122 Å². The topological polar surface area (TPSA) is 61.2 Å². The molecule has 0 radical (unpaired) electrons. The summed E-state index contributed by atoms with van der Waals surface area (Å²) in [6, 6.07) is 7.74. The summed E-state index contributed by atoms with van der Waals surface area (Å²) in [7, 11) is 3.13. The van der Waals surface area contributed by atoms with Gasteiger partial charge in [-0.25, -0.2) is 13.4 Å². The first kappa shape index (κ1) is 14.9. The number of methoxy groups -OCH3 is 1. The van der Waals surface area contributed by atoms with Crippen molar-refractivity contribution in [2.24, 2.45) is 0 Å². The summed E-state index contributed by atoms with van der Waals surface area (Å²) in [6.07, 6.45) is 2.23. The van der Waals surface area contributed by atoms with Crippen molar-refractivity contribution >= 4 is 19.7 Å². The van der Waals surface area contributed by atoms with E-state index >= 15 is 0 Å². The minimum Gasteiger partial charge on any atom is -0.497 e. The minimum absolute atomic E-state index is 0.105. The quantitative estimate of drug-likeness (QED) is 0.795. The molecule has 5 nitrogen and oxygen atoms in total. The van der Waals surface area contributed by atoms with E-state index < -0.39 is 9.05 Å². The first-order chi connectivity index (χ1) is 9.40. The molecule has 1 aromatic heterocycles. The van der Waals surface area contributed by atoms with Gasteiger partial charge in [0.2, 0.25) is 0 Å². The van der Waals surface area contributed by atoms with Gasteiger partial charge < -0.3 is 9.30 Å². The van der Waals surface area contributed by atoms with Gasteiger partial charge in [-0.15, -0.1) is 0 Å². The molecule has 7 heteroatoms. The van der Waals surface area contributed by atoms with Crippen LogP contribution in [0.15, 0.2) is 35.5 Å². The van der Waals surface area contributed by atoms with Crippen LogP contribution in [0.5, 0.6) is 5.75 Å². The van der Waals surface area contributed by atoms with Gasteiger partial charge >= 0.3 is 0 Å². The van der Waals surface area contributed by atoms with Gasteiger partial charge in [0, 0.05) is 23.4 Å². The predicted octanol–water partition coefficient (Wildman–Crippen LogP) is 2.37. The van der Waals surface area contributed by atoms with Gasteiger partial charge in [0.15, 0.2) is 5.03 Å². The minimum atomic E-state index is -3.77. The Bertz CT molecular complexity index is 693. The van der Waals surface area contributed by atoms with E-state index in [4.69, 9.17) is 15.4 Å². The summed E-state index contributed by atoms with van der Waals surface area (Å²) >= 11 is 0. The van der Waals surface area contributed by atoms with E-state index in [2.05, 4.69) is 4.98 Å². The fourth-order valence-corrected chi connectivity index (χ4v) is 2.58. The van der Waals surface area contributed by atoms with Crippen LogP contribution in [-0.2, 0) is 22.0 Å². The highest BCUT2D eigenvalue weighted by Gasteiger charge is 2.15. The van der Waals surface area contributed by atoms with Gasteiger partial charge in [0.1, 0.15) is 11.6 Å². The van der Waals surface area contributed by atoms with Crippen LogP contribution in [-0.4, -0.2) is 25.1 Å². The highest BCUT2D eigenvalue weighted by molar-refractivity contribution is 8.13. The maximum Gasteiger partial charge on any atom is 0.280 e. The van der Waals surface area contributed by atoms with E-state index in [-0.39, 0.29) is 5.03 Å². The molecular weight excluding hydrogens is 300 g/mol. The molecule has 0 bridgehead atoms. The first-order valence-electron chi connectivity index (χ1n) is 6.01. The number of halogens is 1. The van der Waals surface area contributed by atoms with Crippen LogP contribution in [0.4, 0.5) is 0 Å². The van der Waals surface area contributed by atoms with E-state index in [0.717, 1.165) is 17.7 Å². The highest BCUT2D eigenvalue weighted by atomic mass is 35.7. The lowest BCUT2D eigenvalue weighted by Gasteiger charge is -2.06. The molecule has 0 atom stereocenters. The third-order valence-electron chi connectivity index (χ3n) is 3.00. The number of rotatable bonds is 5. The van der Waals surface area contributed by atoms with Gasteiger partial charge in [-0.05, 0) is 31.0 Å². The summed E-state index contributed by atoms with van der Waals surface area (Å²) in [5, 5.41) is -0.105. The predicted molar refractivity (Wildman–Crippen MR) is 76.7 cm³/mol. The van der Waals surface area contributed by atoms with Crippen molar-refractivity contribution in [2.75, 3.05) is 7.11 Å². The molecule has 1 aromatic carbocycles. The van der Waals surface area contributed by atoms with Crippen LogP contribution >= 0.6 is 10.7 Å². The lowest BCUT2D eigenvalue weighted by Crippen LogP contribution is -2.02. The number of benzene rings is 1. The summed E-state index contributed by atoms with van der Waals surface area (Å²) in [5.74, 6) is 1.43. The molecule has 20 heavy (non-hydrogen) atoms. The zero-order valence-electron chi connectivity index (χ0n) is 11.2. The number of hydrogen-bond donors (Lipinski definition) is 0. The van der Waals surface area contributed by atoms with Gasteiger partial charge in [-0.3, -0.25) is 0 Å². The Balaban J connectivity index is 2.08. The normalized spacial score (nSPS) is 11.6. The molecule has 108 valence electrons. The first-order valence-corrected chi connectivity index (χ1v) is 8.32. The van der Waals surface area contributed by atoms with Crippen molar-refractivity contribution in [3.8, 4) is 5.75 Å². The summed E-state index contributed by atoms with van der Waals surface area (Å²) in [5.41, 5.74) is 1.13. The van der Waals surface area contributed by atoms with E-state index in [0.29, 0.717) is 12.4 Å². The Kier molecular flexibility index (Phi) is 4.35. The summed E-state index contributed by atoms with van der Waals surface area (Å²) < 4.78 is 29.3. The Morgan fingerprint density at radius 1 is 1.30 bits per heavy atom. The second-order valence-electron chi connectivity index (χ2n) is 4.36. The van der Waals surface area contributed by atoms with Crippen LogP contribution in [0.2, 0.25) is 0 Å². The average molecular weight is 315 g/mol. The maximum absolute atomic E-state index is 11.2. The van der Waals surface area contributed by atoms with E-state index in [1.165, 1.54) is 6.20 Å². The smallest absolute Gasteiger partial charge is 0.280 e. The average Bonchev–Trinajstić information content (AvgIpc) is 2.78. The molecule has 0 unspecified atom stereocenters. The van der Waals surface area contributed by atoms with Crippen molar-refractivity contribution in [1.29, 1.82) is 0 Å². The second-order valence-corrected chi connectivity index (χ2v) is 6.87. The van der Waals surface area contributed by atoms with Gasteiger partial charge in [-0.1, -0.05) is 12.1 Å². The van der Waals surface area contributed by atoms with Crippen molar-refractivity contribution < 1.29 is 13.2 Å². The lowest BCUT2D eigenvalue weighted by molar-refractivity contribution is 0.414. The standard InChI is InChI=1S/C13H15ClN2O3S/c1-10-15-13(20(14,17)18)9-16(10)8-7-11-3-5-12(19-2)6-4-11/h3-6,9H,7-8H2,1-2H3. The van der Waals surface area contributed by atoms with Crippen molar-refractivity contribution in [3.05, 3.63) is 41.9 Å². The molecule has 0 N–H and O–H groups in total. The second kappa shape index (κ2) is 5.85. The van der Waals surface area contributed by atoms with Crippen molar-refractivity contribution in [3.63, 3.8) is 0 Å². The number of nitrogens with zero attached hydrogens (tertiary/aromatic N) is 2. The van der Waals surface area contributed by atoms with Crippen LogP contribution in [0.3, 0.4) is 0 Å². The monoisotopic (exact) mass is 314 g/mol. The van der Waals surface area contributed by atoms with Crippen LogP contribution in [0.1, 0.15) is 11.4 Å². The number of aryl methyl sites for hydroxylation is 3. The molecule has 0 saturated carbocycles. The highest BCUT2D eigenvalue weighted by Crippen LogP contribution is 2.16. The molecular formula is C13H15ClN2O3S. The molecule has 0 fully saturated rings. The van der Waals surface area contributed by atoms with Gasteiger partial charge in [-0.2, -0.15) is 0 Å². The van der Waals surface area contributed by atoms with Crippen LogP contribution < -0.4 is 4.74 Å². The Morgan fingerprint density at radius 3 is 2.45 bits per heavy atom. The number of hydrogen-bond acceptors (Lipinski definition) is 4. The van der Waals surface area contributed by atoms with Crippen LogP contribution in [0.25, 0.3) is 0 Å². The molecule has 0 spiro atoms. The van der Waals surface area contributed by atoms with Crippen molar-refractivity contribution in [1.82, 2.24) is 9.55 Å². The third kappa shape index (κ3) is 3.52. The van der Waals surface area contributed by atoms with E-state index in [1.54, 1.807) is 18.6 Å². The molecule has 0 saturated heterocycles. The molecule has 0 aliphatic rings. The van der Waals surface area contributed by atoms with Crippen molar-refractivity contribution in [2.45, 2.75) is 24.9 Å². The lowest BCUT2D eigenvalue weighted by atomic mass is 10.1. The zero-order valence-corrected chi connectivity index (χ0v) is 12.8. The summed E-state index contributed by atoms with van der Waals surface area (Å²) in [4.78, 5) is 3.94. The molecule has 2 aromatic rings. The SMILES string of the molecule is COc1ccc(CCn2cc(S(=O)(=O)Cl)nc2C)cc1. The van der Waals surface area contributed by atoms with E-state index in [9.17, 15) is 8.42 Å². The van der Waals surface area contributed by atoms with E-state index in [1.807, 2.05) is 24.3 Å². The molecule has 0 aliphatic carbocycles. The largest absolute Gasteiger partial charge is 0.497 e. The zero-order chi connectivity index (χ0) is 14.8. The third-order valence-corrected chi connectivity index (χ3v) is 4.17. The van der Waals surface area contributed by atoms with Crippen LogP contribution in [0, 0.1) is 6.92 Å². The maximum atomic E-state index is 11.2. The molecule has 0 aliphatic heterocycles. The summed E-state index contributed by atoms with van der Waals surface area (Å²) in [6.45, 7) is 2.39. The Hall–Kier alpha value is -1.53.